The minimum Gasteiger partial charge on any atom is -0.336 e. The van der Waals surface area contributed by atoms with E-state index in [0.717, 1.165) is 29.9 Å². The van der Waals surface area contributed by atoms with Crippen LogP contribution in [-0.2, 0) is 0 Å². The maximum Gasteiger partial charge on any atom is 0.257 e. The fraction of sp³-hybridized carbons (Fsp3) is 0.692. The molecule has 1 N–H and O–H groups in total. The number of H-pyrrole nitrogens is 1. The van der Waals surface area contributed by atoms with E-state index in [2.05, 4.69) is 24.0 Å². The molecule has 1 saturated heterocycles. The minimum atomic E-state index is 0.132. The van der Waals surface area contributed by atoms with Crippen molar-refractivity contribution in [3.8, 4) is 0 Å². The highest BCUT2D eigenvalue weighted by Gasteiger charge is 2.29. The van der Waals surface area contributed by atoms with Gasteiger partial charge in [-0.15, -0.1) is 0 Å². The highest BCUT2D eigenvalue weighted by molar-refractivity contribution is 5.96. The molecule has 0 saturated carbocycles. The third kappa shape index (κ3) is 2.21. The van der Waals surface area contributed by atoms with Crippen LogP contribution in [0.3, 0.4) is 0 Å². The van der Waals surface area contributed by atoms with E-state index in [4.69, 9.17) is 0 Å². The van der Waals surface area contributed by atoms with Crippen molar-refractivity contribution in [3.05, 3.63) is 17.0 Å². The third-order valence-electron chi connectivity index (χ3n) is 3.72. The molecule has 4 heteroatoms. The zero-order valence-corrected chi connectivity index (χ0v) is 11.1. The Hall–Kier alpha value is -1.32. The first kappa shape index (κ1) is 12.1. The van der Waals surface area contributed by atoms with Crippen molar-refractivity contribution < 1.29 is 4.79 Å². The lowest BCUT2D eigenvalue weighted by Gasteiger charge is -2.36. The number of aromatic nitrogens is 2. The van der Waals surface area contributed by atoms with Crippen LogP contribution in [-0.4, -0.2) is 33.6 Å². The first-order valence-electron chi connectivity index (χ1n) is 6.33. The summed E-state index contributed by atoms with van der Waals surface area (Å²) in [5.74, 6) is 0.732. The molecule has 1 aromatic heterocycles. The van der Waals surface area contributed by atoms with Crippen molar-refractivity contribution >= 4 is 5.91 Å². The van der Waals surface area contributed by atoms with Gasteiger partial charge < -0.3 is 4.90 Å². The van der Waals surface area contributed by atoms with Crippen molar-refractivity contribution in [2.24, 2.45) is 5.92 Å². The zero-order chi connectivity index (χ0) is 12.6. The number of nitrogens with zero attached hydrogens (tertiary/aromatic N) is 2. The van der Waals surface area contributed by atoms with Gasteiger partial charge in [-0.25, -0.2) is 0 Å². The van der Waals surface area contributed by atoms with Crippen LogP contribution in [0.5, 0.6) is 0 Å². The molecule has 0 radical (unpaired) electrons. The summed E-state index contributed by atoms with van der Waals surface area (Å²) in [6, 6.07) is 0.340. The number of carbonyl (C=O) groups excluding carboxylic acids is 1. The second-order valence-corrected chi connectivity index (χ2v) is 5.30. The number of amides is 1. The Morgan fingerprint density at radius 1 is 1.35 bits per heavy atom. The largest absolute Gasteiger partial charge is 0.336 e. The van der Waals surface area contributed by atoms with Crippen molar-refractivity contribution in [2.45, 2.75) is 46.6 Å². The van der Waals surface area contributed by atoms with E-state index in [-0.39, 0.29) is 5.91 Å². The van der Waals surface area contributed by atoms with Gasteiger partial charge in [0, 0.05) is 18.3 Å². The van der Waals surface area contributed by atoms with Gasteiger partial charge in [0.25, 0.3) is 5.91 Å². The molecule has 94 valence electrons. The predicted molar refractivity (Wildman–Crippen MR) is 67.0 cm³/mol. The van der Waals surface area contributed by atoms with Gasteiger partial charge in [-0.1, -0.05) is 6.92 Å². The molecule has 2 atom stereocenters. The molecular weight excluding hydrogens is 214 g/mol. The van der Waals surface area contributed by atoms with Crippen LogP contribution in [0.2, 0.25) is 0 Å². The Morgan fingerprint density at radius 2 is 2.06 bits per heavy atom. The number of piperidine rings is 1. The average molecular weight is 235 g/mol. The van der Waals surface area contributed by atoms with Gasteiger partial charge in [-0.3, -0.25) is 9.89 Å². The molecular formula is C13H21N3O. The summed E-state index contributed by atoms with van der Waals surface area (Å²) in [7, 11) is 0. The second-order valence-electron chi connectivity index (χ2n) is 5.30. The van der Waals surface area contributed by atoms with Gasteiger partial charge >= 0.3 is 0 Å². The maximum atomic E-state index is 12.5. The zero-order valence-electron chi connectivity index (χ0n) is 11.1. The van der Waals surface area contributed by atoms with E-state index in [0.29, 0.717) is 12.0 Å². The molecule has 17 heavy (non-hydrogen) atoms. The Kier molecular flexibility index (Phi) is 3.22. The van der Waals surface area contributed by atoms with E-state index in [9.17, 15) is 4.79 Å². The van der Waals surface area contributed by atoms with E-state index < -0.39 is 0 Å². The average Bonchev–Trinajstić information content (AvgIpc) is 2.61. The quantitative estimate of drug-likeness (QED) is 0.812. The molecule has 2 unspecified atom stereocenters. The molecule has 1 aliphatic rings. The van der Waals surface area contributed by atoms with Gasteiger partial charge in [-0.2, -0.15) is 5.10 Å². The lowest BCUT2D eigenvalue weighted by Crippen LogP contribution is -2.45. The Bertz CT molecular complexity index is 405. The molecule has 2 rings (SSSR count). The molecule has 1 aliphatic heterocycles. The number of nitrogens with one attached hydrogen (secondary N) is 1. The molecule has 1 amide bonds. The summed E-state index contributed by atoms with van der Waals surface area (Å²) in [6.45, 7) is 9.00. The van der Waals surface area contributed by atoms with Crippen molar-refractivity contribution in [2.75, 3.05) is 6.54 Å². The summed E-state index contributed by atoms with van der Waals surface area (Å²) in [5.41, 5.74) is 2.43. The number of rotatable bonds is 1. The van der Waals surface area contributed by atoms with Crippen LogP contribution >= 0.6 is 0 Å². The summed E-state index contributed by atoms with van der Waals surface area (Å²) < 4.78 is 0. The number of aromatic amines is 1. The van der Waals surface area contributed by atoms with Crippen LogP contribution in [0.4, 0.5) is 0 Å². The molecule has 0 bridgehead atoms. The fourth-order valence-electron chi connectivity index (χ4n) is 2.58. The van der Waals surface area contributed by atoms with Gasteiger partial charge in [0.05, 0.1) is 11.3 Å². The molecule has 1 aromatic rings. The monoisotopic (exact) mass is 235 g/mol. The van der Waals surface area contributed by atoms with E-state index >= 15 is 0 Å². The van der Waals surface area contributed by atoms with Crippen LogP contribution in [0, 0.1) is 19.8 Å². The van der Waals surface area contributed by atoms with Crippen LogP contribution in [0.25, 0.3) is 0 Å². The highest BCUT2D eigenvalue weighted by atomic mass is 16.2. The number of hydrogen-bond acceptors (Lipinski definition) is 2. The number of likely N-dealkylation sites (tertiary alicyclic amines) is 1. The lowest BCUT2D eigenvalue weighted by molar-refractivity contribution is 0.0572. The Labute approximate surface area is 102 Å². The van der Waals surface area contributed by atoms with E-state index in [1.807, 2.05) is 18.7 Å². The van der Waals surface area contributed by atoms with Crippen LogP contribution in [0.1, 0.15) is 48.4 Å². The fourth-order valence-corrected chi connectivity index (χ4v) is 2.58. The van der Waals surface area contributed by atoms with Crippen molar-refractivity contribution in [3.63, 3.8) is 0 Å². The summed E-state index contributed by atoms with van der Waals surface area (Å²) in [4.78, 5) is 14.5. The van der Waals surface area contributed by atoms with E-state index in [1.165, 1.54) is 6.42 Å². The predicted octanol–water partition coefficient (Wildman–Crippen LogP) is 2.29. The van der Waals surface area contributed by atoms with Crippen LogP contribution < -0.4 is 0 Å². The lowest BCUT2D eigenvalue weighted by atomic mass is 9.94. The normalized spacial score (nSPS) is 25.1. The van der Waals surface area contributed by atoms with Gasteiger partial charge in [0.1, 0.15) is 0 Å². The summed E-state index contributed by atoms with van der Waals surface area (Å²) >= 11 is 0. The first-order valence-corrected chi connectivity index (χ1v) is 6.33. The first-order chi connectivity index (χ1) is 8.00. The summed E-state index contributed by atoms with van der Waals surface area (Å²) in [5, 5.41) is 6.99. The smallest absolute Gasteiger partial charge is 0.257 e. The van der Waals surface area contributed by atoms with Crippen molar-refractivity contribution in [1.82, 2.24) is 15.1 Å². The molecule has 2 heterocycles. The van der Waals surface area contributed by atoms with Gasteiger partial charge in [0.15, 0.2) is 0 Å². The Balaban J connectivity index is 2.25. The molecule has 1 fully saturated rings. The molecule has 0 spiro atoms. The standard InChI is InChI=1S/C13H21N3O/c1-8-5-6-9(2)16(7-8)13(17)12-10(3)14-15-11(12)4/h8-9H,5-7H2,1-4H3,(H,14,15). The summed E-state index contributed by atoms with van der Waals surface area (Å²) in [6.07, 6.45) is 2.32. The maximum absolute atomic E-state index is 12.5. The van der Waals surface area contributed by atoms with Gasteiger partial charge in [-0.05, 0) is 39.5 Å². The van der Waals surface area contributed by atoms with Crippen molar-refractivity contribution in [1.29, 1.82) is 0 Å². The molecule has 0 aromatic carbocycles. The van der Waals surface area contributed by atoms with Gasteiger partial charge in [0.2, 0.25) is 0 Å². The number of aryl methyl sites for hydroxylation is 2. The number of carbonyl (C=O) groups is 1. The second kappa shape index (κ2) is 4.51. The molecule has 0 aliphatic carbocycles. The third-order valence-corrected chi connectivity index (χ3v) is 3.72. The SMILES string of the molecule is Cc1n[nH]c(C)c1C(=O)N1CC(C)CCC1C. The molecule has 4 nitrogen and oxygen atoms in total. The number of hydrogen-bond donors (Lipinski definition) is 1. The Morgan fingerprint density at radius 3 is 2.65 bits per heavy atom. The topological polar surface area (TPSA) is 49.0 Å². The minimum absolute atomic E-state index is 0.132. The van der Waals surface area contributed by atoms with Crippen LogP contribution in [0.15, 0.2) is 0 Å². The van der Waals surface area contributed by atoms with E-state index in [1.54, 1.807) is 0 Å². The highest BCUT2D eigenvalue weighted by Crippen LogP contribution is 2.24.